The van der Waals surface area contributed by atoms with Gasteiger partial charge in [-0.3, -0.25) is 4.99 Å². The van der Waals surface area contributed by atoms with Crippen LogP contribution >= 0.6 is 24.0 Å². The van der Waals surface area contributed by atoms with Crippen LogP contribution in [0.1, 0.15) is 12.5 Å². The molecule has 0 amide bonds. The number of aliphatic imine (C=N–C) groups is 1. The van der Waals surface area contributed by atoms with Crippen LogP contribution in [0, 0.1) is 12.3 Å². The molecule has 2 N–H and O–H groups in total. The van der Waals surface area contributed by atoms with E-state index in [1.54, 1.807) is 0 Å². The number of halogens is 1. The summed E-state index contributed by atoms with van der Waals surface area (Å²) in [5.74, 6) is 3.31. The molecule has 0 aliphatic carbocycles. The lowest BCUT2D eigenvalue weighted by molar-refractivity contribution is 0.855. The highest BCUT2D eigenvalue weighted by atomic mass is 127. The second-order valence-electron chi connectivity index (χ2n) is 3.55. The van der Waals surface area contributed by atoms with E-state index in [9.17, 15) is 0 Å². The summed E-state index contributed by atoms with van der Waals surface area (Å²) in [7, 11) is 0. The fraction of sp³-hybridized carbons (Fsp3) is 0.357. The van der Waals surface area contributed by atoms with Crippen molar-refractivity contribution in [1.82, 2.24) is 10.6 Å². The summed E-state index contributed by atoms with van der Waals surface area (Å²) in [6.07, 6.45) is 6.14. The minimum atomic E-state index is 0. The number of guanidine groups is 1. The first-order valence-corrected chi connectivity index (χ1v) is 5.86. The molecule has 98 valence electrons. The Morgan fingerprint density at radius 2 is 2.00 bits per heavy atom. The van der Waals surface area contributed by atoms with Gasteiger partial charge in [-0.1, -0.05) is 36.3 Å². The van der Waals surface area contributed by atoms with Gasteiger partial charge in [0.15, 0.2) is 5.96 Å². The molecule has 4 heteroatoms. The molecule has 0 saturated heterocycles. The molecule has 1 aromatic carbocycles. The van der Waals surface area contributed by atoms with Crippen molar-refractivity contribution in [3.63, 3.8) is 0 Å². The van der Waals surface area contributed by atoms with E-state index < -0.39 is 0 Å². The Bertz CT molecular complexity index is 382. The number of hydrogen-bond acceptors (Lipinski definition) is 1. The SMILES string of the molecule is C#CCNC(=NCCc1ccccc1)NCC.I. The Hall–Kier alpha value is -1.22. The largest absolute Gasteiger partial charge is 0.357 e. The quantitative estimate of drug-likeness (QED) is 0.366. The smallest absolute Gasteiger partial charge is 0.192 e. The average Bonchev–Trinajstić information content (AvgIpc) is 2.37. The van der Waals surface area contributed by atoms with Crippen LogP contribution in [0.25, 0.3) is 0 Å². The molecule has 0 bridgehead atoms. The van der Waals surface area contributed by atoms with Crippen LogP contribution in [0.3, 0.4) is 0 Å². The number of nitrogens with zero attached hydrogens (tertiary/aromatic N) is 1. The van der Waals surface area contributed by atoms with E-state index in [1.807, 2.05) is 25.1 Å². The molecular weight excluding hydrogens is 337 g/mol. The predicted octanol–water partition coefficient (Wildman–Crippen LogP) is 2.04. The molecule has 0 aliphatic rings. The minimum absolute atomic E-state index is 0. The number of rotatable bonds is 5. The van der Waals surface area contributed by atoms with Gasteiger partial charge in [0.05, 0.1) is 6.54 Å². The first kappa shape index (κ1) is 16.8. The van der Waals surface area contributed by atoms with Crippen LogP contribution in [0.15, 0.2) is 35.3 Å². The van der Waals surface area contributed by atoms with Crippen LogP contribution < -0.4 is 10.6 Å². The molecule has 0 fully saturated rings. The molecule has 0 unspecified atom stereocenters. The van der Waals surface area contributed by atoms with Crippen molar-refractivity contribution in [2.24, 2.45) is 4.99 Å². The van der Waals surface area contributed by atoms with E-state index in [0.29, 0.717) is 6.54 Å². The van der Waals surface area contributed by atoms with E-state index in [0.717, 1.165) is 25.5 Å². The molecule has 0 radical (unpaired) electrons. The van der Waals surface area contributed by atoms with Crippen LogP contribution in [-0.4, -0.2) is 25.6 Å². The summed E-state index contributed by atoms with van der Waals surface area (Å²) < 4.78 is 0. The Labute approximate surface area is 126 Å². The maximum atomic E-state index is 5.20. The average molecular weight is 357 g/mol. The zero-order valence-electron chi connectivity index (χ0n) is 10.6. The topological polar surface area (TPSA) is 36.4 Å². The lowest BCUT2D eigenvalue weighted by Crippen LogP contribution is -2.37. The molecule has 0 heterocycles. The van der Waals surface area contributed by atoms with E-state index in [1.165, 1.54) is 5.56 Å². The van der Waals surface area contributed by atoms with Crippen molar-refractivity contribution >= 4 is 29.9 Å². The zero-order valence-corrected chi connectivity index (χ0v) is 13.0. The lowest BCUT2D eigenvalue weighted by Gasteiger charge is -2.08. The van der Waals surface area contributed by atoms with Gasteiger partial charge in [0.2, 0.25) is 0 Å². The van der Waals surface area contributed by atoms with Gasteiger partial charge in [-0.2, -0.15) is 0 Å². The van der Waals surface area contributed by atoms with Crippen LogP contribution in [0.2, 0.25) is 0 Å². The third-order valence-corrected chi connectivity index (χ3v) is 2.22. The van der Waals surface area contributed by atoms with Gasteiger partial charge in [-0.05, 0) is 18.9 Å². The van der Waals surface area contributed by atoms with E-state index >= 15 is 0 Å². The molecular formula is C14H20IN3. The molecule has 3 nitrogen and oxygen atoms in total. The van der Waals surface area contributed by atoms with Gasteiger partial charge in [0.1, 0.15) is 0 Å². The van der Waals surface area contributed by atoms with Crippen LogP contribution in [0.4, 0.5) is 0 Å². The second kappa shape index (κ2) is 10.9. The summed E-state index contributed by atoms with van der Waals surface area (Å²) in [5.41, 5.74) is 1.30. The maximum absolute atomic E-state index is 5.20. The lowest BCUT2D eigenvalue weighted by atomic mass is 10.2. The fourth-order valence-electron chi connectivity index (χ4n) is 1.42. The van der Waals surface area contributed by atoms with Crippen molar-refractivity contribution in [3.05, 3.63) is 35.9 Å². The van der Waals surface area contributed by atoms with Crippen molar-refractivity contribution in [1.29, 1.82) is 0 Å². The number of benzene rings is 1. The van der Waals surface area contributed by atoms with Crippen molar-refractivity contribution in [2.75, 3.05) is 19.6 Å². The van der Waals surface area contributed by atoms with E-state index in [4.69, 9.17) is 6.42 Å². The Balaban J connectivity index is 0.00000289. The maximum Gasteiger partial charge on any atom is 0.192 e. The third kappa shape index (κ3) is 7.17. The van der Waals surface area contributed by atoms with E-state index in [2.05, 4.69) is 33.7 Å². The molecule has 18 heavy (non-hydrogen) atoms. The fourth-order valence-corrected chi connectivity index (χ4v) is 1.42. The monoisotopic (exact) mass is 357 g/mol. The zero-order chi connectivity index (χ0) is 12.3. The predicted molar refractivity (Wildman–Crippen MR) is 88.4 cm³/mol. The van der Waals surface area contributed by atoms with Gasteiger partial charge >= 0.3 is 0 Å². The summed E-state index contributed by atoms with van der Waals surface area (Å²) >= 11 is 0. The van der Waals surface area contributed by atoms with Gasteiger partial charge in [-0.25, -0.2) is 0 Å². The Kier molecular flexibility index (Phi) is 10.2. The van der Waals surface area contributed by atoms with Gasteiger partial charge in [0.25, 0.3) is 0 Å². The molecule has 0 spiro atoms. The molecule has 0 saturated carbocycles. The summed E-state index contributed by atoms with van der Waals surface area (Å²) in [6, 6.07) is 10.3. The second-order valence-corrected chi connectivity index (χ2v) is 3.55. The minimum Gasteiger partial charge on any atom is -0.357 e. The highest BCUT2D eigenvalue weighted by molar-refractivity contribution is 14.0. The first-order chi connectivity index (χ1) is 8.36. The highest BCUT2D eigenvalue weighted by Crippen LogP contribution is 1.99. The van der Waals surface area contributed by atoms with Crippen LogP contribution in [-0.2, 0) is 6.42 Å². The van der Waals surface area contributed by atoms with Crippen molar-refractivity contribution < 1.29 is 0 Å². The van der Waals surface area contributed by atoms with Gasteiger partial charge in [0, 0.05) is 13.1 Å². The standard InChI is InChI=1S/C14H19N3.HI/c1-3-11-16-14(15-4-2)17-12-10-13-8-6-5-7-9-13;/h1,5-9H,4,10-12H2,2H3,(H2,15,16,17);1H. The van der Waals surface area contributed by atoms with Gasteiger partial charge in [-0.15, -0.1) is 30.4 Å². The van der Waals surface area contributed by atoms with Gasteiger partial charge < -0.3 is 10.6 Å². The molecule has 0 aliphatic heterocycles. The summed E-state index contributed by atoms with van der Waals surface area (Å²) in [4.78, 5) is 4.45. The molecule has 0 aromatic heterocycles. The highest BCUT2D eigenvalue weighted by Gasteiger charge is 1.95. The summed E-state index contributed by atoms with van der Waals surface area (Å²) in [6.45, 7) is 4.12. The first-order valence-electron chi connectivity index (χ1n) is 5.86. The summed E-state index contributed by atoms with van der Waals surface area (Å²) in [5, 5.41) is 6.21. The Morgan fingerprint density at radius 3 is 2.61 bits per heavy atom. The molecule has 1 rings (SSSR count). The number of terminal acetylenes is 1. The third-order valence-electron chi connectivity index (χ3n) is 2.22. The Morgan fingerprint density at radius 1 is 1.28 bits per heavy atom. The number of hydrogen-bond donors (Lipinski definition) is 2. The molecule has 0 atom stereocenters. The van der Waals surface area contributed by atoms with Crippen molar-refractivity contribution in [2.45, 2.75) is 13.3 Å². The van der Waals surface area contributed by atoms with Crippen molar-refractivity contribution in [3.8, 4) is 12.3 Å². The van der Waals surface area contributed by atoms with Crippen LogP contribution in [0.5, 0.6) is 0 Å². The molecule has 1 aromatic rings. The normalized spacial score (nSPS) is 10.1. The number of nitrogens with one attached hydrogen (secondary N) is 2. The van der Waals surface area contributed by atoms with E-state index in [-0.39, 0.29) is 24.0 Å².